The fraction of sp³-hybridized carbons (Fsp3) is 0. The van der Waals surface area contributed by atoms with Gasteiger partial charge in [-0.05, 0) is 12.1 Å². The van der Waals surface area contributed by atoms with Gasteiger partial charge in [0, 0.05) is 0 Å². The van der Waals surface area contributed by atoms with Crippen molar-refractivity contribution < 1.29 is 32.0 Å². The Kier molecular flexibility index (Phi) is 3.90. The van der Waals surface area contributed by atoms with Crippen LogP contribution >= 0.6 is 0 Å². The Balaban J connectivity index is 2.55. The Morgan fingerprint density at radius 1 is 0.810 bits per heavy atom. The van der Waals surface area contributed by atoms with Crippen LogP contribution in [0.25, 0.3) is 0 Å². The van der Waals surface area contributed by atoms with Crippen molar-refractivity contribution in [2.75, 3.05) is 5.06 Å². The number of hydrogen-bond acceptors (Lipinski definition) is 2. The maximum Gasteiger partial charge on any atom is 0.288 e. The van der Waals surface area contributed by atoms with E-state index in [-0.39, 0.29) is 10.8 Å². The fourth-order valence-electron chi connectivity index (χ4n) is 1.59. The second kappa shape index (κ2) is 5.49. The Labute approximate surface area is 114 Å². The van der Waals surface area contributed by atoms with Crippen molar-refractivity contribution in [1.82, 2.24) is 0 Å². The number of amides is 1. The molecule has 0 spiro atoms. The minimum atomic E-state index is -2.38. The van der Waals surface area contributed by atoms with E-state index in [1.54, 1.807) is 0 Å². The molecule has 0 atom stereocenters. The summed E-state index contributed by atoms with van der Waals surface area (Å²) >= 11 is 0. The molecule has 0 saturated heterocycles. The number of rotatable bonds is 2. The smallest absolute Gasteiger partial charge is 0.281 e. The van der Waals surface area contributed by atoms with Gasteiger partial charge in [0.15, 0.2) is 23.3 Å². The van der Waals surface area contributed by atoms with E-state index in [2.05, 4.69) is 0 Å². The van der Waals surface area contributed by atoms with Crippen molar-refractivity contribution in [2.24, 2.45) is 0 Å². The highest BCUT2D eigenvalue weighted by Gasteiger charge is 2.32. The van der Waals surface area contributed by atoms with Crippen LogP contribution in [0, 0.1) is 29.1 Å². The number of benzene rings is 2. The predicted molar refractivity (Wildman–Crippen MR) is 61.3 cm³/mol. The first kappa shape index (κ1) is 14.9. The van der Waals surface area contributed by atoms with Gasteiger partial charge in [-0.2, -0.15) is 5.06 Å². The number of para-hydroxylation sites is 1. The van der Waals surface area contributed by atoms with Crippen LogP contribution in [0.1, 0.15) is 10.4 Å². The van der Waals surface area contributed by atoms with Gasteiger partial charge in [-0.3, -0.25) is 10.0 Å². The third-order valence-electron chi connectivity index (χ3n) is 2.62. The average Bonchev–Trinajstić information content (AvgIpc) is 2.51. The van der Waals surface area contributed by atoms with E-state index in [9.17, 15) is 32.0 Å². The molecule has 1 amide bonds. The van der Waals surface area contributed by atoms with Crippen LogP contribution < -0.4 is 5.06 Å². The van der Waals surface area contributed by atoms with Gasteiger partial charge < -0.3 is 0 Å². The lowest BCUT2D eigenvalue weighted by Gasteiger charge is -2.16. The van der Waals surface area contributed by atoms with E-state index < -0.39 is 40.6 Å². The van der Waals surface area contributed by atoms with Crippen molar-refractivity contribution in [3.8, 4) is 0 Å². The van der Waals surface area contributed by atoms with Gasteiger partial charge in [-0.15, -0.1) is 0 Å². The summed E-state index contributed by atoms with van der Waals surface area (Å²) in [6.45, 7) is 0. The number of halogens is 5. The second-order valence-corrected chi connectivity index (χ2v) is 3.90. The molecule has 0 fully saturated rings. The molecule has 21 heavy (non-hydrogen) atoms. The van der Waals surface area contributed by atoms with Crippen LogP contribution in [-0.2, 0) is 0 Å². The van der Waals surface area contributed by atoms with Gasteiger partial charge in [0.05, 0.1) is 5.69 Å². The number of nitrogens with zero attached hydrogens (tertiary/aromatic N) is 1. The molecule has 3 nitrogen and oxygen atoms in total. The van der Waals surface area contributed by atoms with Gasteiger partial charge in [0.1, 0.15) is 5.56 Å². The molecule has 0 unspecified atom stereocenters. The molecule has 0 heterocycles. The Bertz CT molecular complexity index is 676. The summed E-state index contributed by atoms with van der Waals surface area (Å²) in [5.41, 5.74) is -1.94. The van der Waals surface area contributed by atoms with Crippen LogP contribution in [-0.4, -0.2) is 11.1 Å². The van der Waals surface area contributed by atoms with Crippen LogP contribution in [0.5, 0.6) is 0 Å². The maximum absolute atomic E-state index is 13.4. The highest BCUT2D eigenvalue weighted by atomic mass is 19.2. The summed E-state index contributed by atoms with van der Waals surface area (Å²) in [7, 11) is 0. The summed E-state index contributed by atoms with van der Waals surface area (Å²) in [5.74, 6) is -13.3. The molecule has 2 rings (SSSR count). The summed E-state index contributed by atoms with van der Waals surface area (Å²) < 4.78 is 65.8. The first-order chi connectivity index (χ1) is 9.86. The number of carbonyl (C=O) groups excluding carboxylic acids is 1. The van der Waals surface area contributed by atoms with E-state index in [0.29, 0.717) is 0 Å². The Morgan fingerprint density at radius 3 is 1.71 bits per heavy atom. The predicted octanol–water partition coefficient (Wildman–Crippen LogP) is 3.42. The second-order valence-electron chi connectivity index (χ2n) is 3.90. The fourth-order valence-corrected chi connectivity index (χ4v) is 1.59. The average molecular weight is 303 g/mol. The van der Waals surface area contributed by atoms with Crippen LogP contribution in [0.3, 0.4) is 0 Å². The molecule has 0 saturated carbocycles. The lowest BCUT2D eigenvalue weighted by Crippen LogP contribution is -2.30. The summed E-state index contributed by atoms with van der Waals surface area (Å²) in [4.78, 5) is 11.7. The molecular weight excluding hydrogens is 297 g/mol. The van der Waals surface area contributed by atoms with Gasteiger partial charge in [0.2, 0.25) is 5.82 Å². The molecule has 0 aliphatic rings. The number of hydrogen-bond donors (Lipinski definition) is 1. The maximum atomic E-state index is 13.4. The molecule has 0 aliphatic heterocycles. The molecule has 0 radical (unpaired) electrons. The van der Waals surface area contributed by atoms with Crippen LogP contribution in [0.2, 0.25) is 0 Å². The molecule has 8 heteroatoms. The zero-order chi connectivity index (χ0) is 15.7. The van der Waals surface area contributed by atoms with E-state index >= 15 is 0 Å². The Morgan fingerprint density at radius 2 is 1.24 bits per heavy atom. The van der Waals surface area contributed by atoms with Crippen molar-refractivity contribution in [2.45, 2.75) is 0 Å². The van der Waals surface area contributed by atoms with Gasteiger partial charge >= 0.3 is 0 Å². The highest BCUT2D eigenvalue weighted by Crippen LogP contribution is 2.25. The summed E-state index contributed by atoms with van der Waals surface area (Å²) in [6, 6.07) is 6.71. The molecule has 0 bridgehead atoms. The number of hydroxylamine groups is 1. The Hall–Kier alpha value is -2.48. The van der Waals surface area contributed by atoms with E-state index in [1.165, 1.54) is 30.3 Å². The monoisotopic (exact) mass is 303 g/mol. The molecule has 2 aromatic carbocycles. The molecule has 1 N–H and O–H groups in total. The third kappa shape index (κ3) is 2.45. The first-order valence-electron chi connectivity index (χ1n) is 5.46. The zero-order valence-corrected chi connectivity index (χ0v) is 10.1. The normalized spacial score (nSPS) is 10.6. The third-order valence-corrected chi connectivity index (χ3v) is 2.62. The molecule has 0 aliphatic carbocycles. The topological polar surface area (TPSA) is 40.5 Å². The van der Waals surface area contributed by atoms with Gasteiger partial charge in [0.25, 0.3) is 5.91 Å². The summed E-state index contributed by atoms with van der Waals surface area (Å²) in [5, 5.41) is 9.34. The molecule has 110 valence electrons. The van der Waals surface area contributed by atoms with Crippen molar-refractivity contribution >= 4 is 11.6 Å². The SMILES string of the molecule is O=C(c1c(F)c(F)c(F)c(F)c1F)N(O)c1ccccc1. The van der Waals surface area contributed by atoms with Gasteiger partial charge in [-0.1, -0.05) is 18.2 Å². The largest absolute Gasteiger partial charge is 0.288 e. The van der Waals surface area contributed by atoms with E-state index in [0.717, 1.165) is 0 Å². The van der Waals surface area contributed by atoms with Gasteiger partial charge in [-0.25, -0.2) is 22.0 Å². The zero-order valence-electron chi connectivity index (χ0n) is 10.1. The van der Waals surface area contributed by atoms with Crippen molar-refractivity contribution in [3.05, 3.63) is 65.0 Å². The van der Waals surface area contributed by atoms with E-state index in [4.69, 9.17) is 0 Å². The molecular formula is C13H6F5NO2. The lowest BCUT2D eigenvalue weighted by molar-refractivity contribution is 0.0842. The number of carbonyl (C=O) groups is 1. The minimum absolute atomic E-state index is 0.202. The summed E-state index contributed by atoms with van der Waals surface area (Å²) in [6.07, 6.45) is 0. The quantitative estimate of drug-likeness (QED) is 0.304. The lowest BCUT2D eigenvalue weighted by atomic mass is 10.1. The highest BCUT2D eigenvalue weighted by molar-refractivity contribution is 6.04. The molecule has 2 aromatic rings. The minimum Gasteiger partial charge on any atom is -0.281 e. The van der Waals surface area contributed by atoms with Crippen LogP contribution in [0.4, 0.5) is 27.6 Å². The first-order valence-corrected chi connectivity index (χ1v) is 5.46. The van der Waals surface area contributed by atoms with Crippen molar-refractivity contribution in [1.29, 1.82) is 0 Å². The van der Waals surface area contributed by atoms with Crippen molar-refractivity contribution in [3.63, 3.8) is 0 Å². The van der Waals surface area contributed by atoms with Crippen LogP contribution in [0.15, 0.2) is 30.3 Å². The standard InChI is InChI=1S/C13H6F5NO2/c14-8-7(9(15)11(17)12(18)10(8)16)13(20)19(21)6-4-2-1-3-5-6/h1-5,21H. The van der Waals surface area contributed by atoms with E-state index in [1.807, 2.05) is 0 Å². The molecule has 0 aromatic heterocycles. The number of anilines is 1.